The summed E-state index contributed by atoms with van der Waals surface area (Å²) in [6, 6.07) is 16.5. The van der Waals surface area contributed by atoms with Gasteiger partial charge in [0.2, 0.25) is 0 Å². The van der Waals surface area contributed by atoms with E-state index in [2.05, 4.69) is 57.2 Å². The lowest BCUT2D eigenvalue weighted by Gasteiger charge is -2.13. The maximum Gasteiger partial charge on any atom is 0.164 e. The SMILES string of the molecule is Cc1ccc(-c2nc(C3=CCC(C)C=C3)nc(-c3ccccc3)n2)c(C)c1. The molecule has 3 nitrogen and oxygen atoms in total. The van der Waals surface area contributed by atoms with Crippen molar-refractivity contribution in [2.45, 2.75) is 27.2 Å². The molecule has 1 heterocycles. The van der Waals surface area contributed by atoms with Gasteiger partial charge in [-0.05, 0) is 31.7 Å². The first-order valence-corrected chi connectivity index (χ1v) is 9.38. The maximum absolute atomic E-state index is 4.83. The minimum Gasteiger partial charge on any atom is -0.208 e. The van der Waals surface area contributed by atoms with Gasteiger partial charge in [0.1, 0.15) is 0 Å². The first kappa shape index (κ1) is 17.3. The molecule has 3 heteroatoms. The summed E-state index contributed by atoms with van der Waals surface area (Å²) < 4.78 is 0. The van der Waals surface area contributed by atoms with Crippen molar-refractivity contribution < 1.29 is 0 Å². The molecule has 4 rings (SSSR count). The Labute approximate surface area is 160 Å². The van der Waals surface area contributed by atoms with Crippen LogP contribution < -0.4 is 0 Å². The fourth-order valence-electron chi connectivity index (χ4n) is 3.30. The van der Waals surface area contributed by atoms with Gasteiger partial charge < -0.3 is 0 Å². The van der Waals surface area contributed by atoms with Gasteiger partial charge in [-0.3, -0.25) is 0 Å². The molecule has 0 saturated heterocycles. The highest BCUT2D eigenvalue weighted by Gasteiger charge is 2.15. The summed E-state index contributed by atoms with van der Waals surface area (Å²) in [5, 5.41) is 0. The molecule has 134 valence electrons. The molecule has 27 heavy (non-hydrogen) atoms. The Hall–Kier alpha value is -3.07. The Morgan fingerprint density at radius 2 is 1.59 bits per heavy atom. The number of rotatable bonds is 3. The predicted molar refractivity (Wildman–Crippen MR) is 111 cm³/mol. The summed E-state index contributed by atoms with van der Waals surface area (Å²) >= 11 is 0. The zero-order valence-electron chi connectivity index (χ0n) is 16.0. The Kier molecular flexibility index (Phi) is 4.68. The molecule has 3 aromatic rings. The second-order valence-electron chi connectivity index (χ2n) is 7.22. The van der Waals surface area contributed by atoms with Crippen molar-refractivity contribution in [3.8, 4) is 22.8 Å². The lowest BCUT2D eigenvalue weighted by Crippen LogP contribution is -2.04. The maximum atomic E-state index is 4.83. The van der Waals surface area contributed by atoms with Crippen LogP contribution >= 0.6 is 0 Å². The van der Waals surface area contributed by atoms with Crippen LogP contribution in [0.4, 0.5) is 0 Å². The van der Waals surface area contributed by atoms with Crippen molar-refractivity contribution in [1.29, 1.82) is 0 Å². The van der Waals surface area contributed by atoms with Crippen LogP contribution in [0.5, 0.6) is 0 Å². The number of aryl methyl sites for hydroxylation is 2. The van der Waals surface area contributed by atoms with Crippen LogP contribution in [-0.2, 0) is 0 Å². The number of aromatic nitrogens is 3. The number of nitrogens with zero attached hydrogens (tertiary/aromatic N) is 3. The summed E-state index contributed by atoms with van der Waals surface area (Å²) in [5.41, 5.74) is 5.53. The molecule has 0 fully saturated rings. The molecule has 0 radical (unpaired) electrons. The van der Waals surface area contributed by atoms with E-state index in [-0.39, 0.29) is 0 Å². The van der Waals surface area contributed by atoms with Gasteiger partial charge in [0.05, 0.1) is 0 Å². The first-order valence-electron chi connectivity index (χ1n) is 9.38. The average Bonchev–Trinajstić information content (AvgIpc) is 2.69. The van der Waals surface area contributed by atoms with Crippen molar-refractivity contribution >= 4 is 5.57 Å². The standard InChI is InChI=1S/C24H23N3/c1-16-9-12-20(13-10-16)23-25-22(19-7-5-4-6-8-19)26-24(27-23)21-14-11-17(2)15-18(21)3/h4-9,11-16H,10H2,1-3H3. The quantitative estimate of drug-likeness (QED) is 0.597. The average molecular weight is 353 g/mol. The van der Waals surface area contributed by atoms with E-state index in [1.54, 1.807) is 0 Å². The van der Waals surface area contributed by atoms with Crippen LogP contribution in [0.15, 0.2) is 66.8 Å². The highest BCUT2D eigenvalue weighted by Crippen LogP contribution is 2.27. The molecule has 1 aliphatic rings. The van der Waals surface area contributed by atoms with Gasteiger partial charge in [-0.15, -0.1) is 0 Å². The molecular formula is C24H23N3. The second-order valence-corrected chi connectivity index (χ2v) is 7.22. The van der Waals surface area contributed by atoms with Gasteiger partial charge in [-0.2, -0.15) is 0 Å². The molecule has 0 spiro atoms. The summed E-state index contributed by atoms with van der Waals surface area (Å²) in [7, 11) is 0. The summed E-state index contributed by atoms with van der Waals surface area (Å²) in [6.45, 7) is 6.42. The number of allylic oxidation sites excluding steroid dienone is 4. The van der Waals surface area contributed by atoms with Gasteiger partial charge in [-0.25, -0.2) is 15.0 Å². The van der Waals surface area contributed by atoms with Gasteiger partial charge in [-0.1, -0.05) is 79.2 Å². The van der Waals surface area contributed by atoms with Crippen molar-refractivity contribution in [3.05, 3.63) is 83.7 Å². The molecule has 1 aromatic heterocycles. The third kappa shape index (κ3) is 3.72. The van der Waals surface area contributed by atoms with Gasteiger partial charge >= 0.3 is 0 Å². The fourth-order valence-corrected chi connectivity index (χ4v) is 3.30. The normalized spacial score (nSPS) is 16.3. The van der Waals surface area contributed by atoms with Crippen molar-refractivity contribution in [2.24, 2.45) is 5.92 Å². The van der Waals surface area contributed by atoms with Crippen molar-refractivity contribution in [3.63, 3.8) is 0 Å². The summed E-state index contributed by atoms with van der Waals surface area (Å²) in [4.78, 5) is 14.4. The predicted octanol–water partition coefficient (Wildman–Crippen LogP) is 5.80. The van der Waals surface area contributed by atoms with E-state index in [9.17, 15) is 0 Å². The summed E-state index contributed by atoms with van der Waals surface area (Å²) in [5.74, 6) is 2.73. The Morgan fingerprint density at radius 1 is 0.852 bits per heavy atom. The van der Waals surface area contributed by atoms with Crippen LogP contribution in [0, 0.1) is 19.8 Å². The lowest BCUT2D eigenvalue weighted by molar-refractivity contribution is 0.738. The number of hydrogen-bond donors (Lipinski definition) is 0. The largest absolute Gasteiger partial charge is 0.208 e. The van der Waals surface area contributed by atoms with Crippen LogP contribution in [0.3, 0.4) is 0 Å². The smallest absolute Gasteiger partial charge is 0.164 e. The van der Waals surface area contributed by atoms with Crippen molar-refractivity contribution in [2.75, 3.05) is 0 Å². The molecule has 0 bridgehead atoms. The van der Waals surface area contributed by atoms with Crippen molar-refractivity contribution in [1.82, 2.24) is 15.0 Å². The first-order chi connectivity index (χ1) is 13.1. The molecule has 2 aromatic carbocycles. The highest BCUT2D eigenvalue weighted by molar-refractivity contribution is 5.74. The van der Waals surface area contributed by atoms with E-state index >= 15 is 0 Å². The minimum absolute atomic E-state index is 0.558. The molecule has 0 amide bonds. The van der Waals surface area contributed by atoms with E-state index in [1.165, 1.54) is 11.1 Å². The number of benzene rings is 2. The molecule has 1 atom stereocenters. The number of hydrogen-bond acceptors (Lipinski definition) is 3. The molecule has 0 N–H and O–H groups in total. The summed E-state index contributed by atoms with van der Waals surface area (Å²) in [6.07, 6.45) is 7.58. The zero-order valence-corrected chi connectivity index (χ0v) is 16.0. The second kappa shape index (κ2) is 7.28. The topological polar surface area (TPSA) is 38.7 Å². The highest BCUT2D eigenvalue weighted by atomic mass is 15.0. The van der Waals surface area contributed by atoms with E-state index < -0.39 is 0 Å². The lowest BCUT2D eigenvalue weighted by atomic mass is 9.98. The van der Waals surface area contributed by atoms with E-state index in [1.807, 2.05) is 30.3 Å². The van der Waals surface area contributed by atoms with Gasteiger partial charge in [0.15, 0.2) is 17.5 Å². The van der Waals surface area contributed by atoms with Gasteiger partial charge in [0.25, 0.3) is 0 Å². The molecule has 0 aliphatic heterocycles. The monoisotopic (exact) mass is 353 g/mol. The van der Waals surface area contributed by atoms with Crippen LogP contribution in [-0.4, -0.2) is 15.0 Å². The minimum atomic E-state index is 0.558. The van der Waals surface area contributed by atoms with Gasteiger partial charge in [0, 0.05) is 16.7 Å². The third-order valence-electron chi connectivity index (χ3n) is 4.86. The Bertz CT molecular complexity index is 1030. The molecule has 0 saturated carbocycles. The Morgan fingerprint density at radius 3 is 2.30 bits per heavy atom. The zero-order chi connectivity index (χ0) is 18.8. The van der Waals surface area contributed by atoms with Crippen LogP contribution in [0.25, 0.3) is 28.3 Å². The molecular weight excluding hydrogens is 330 g/mol. The fraction of sp³-hybridized carbons (Fsp3) is 0.208. The molecule has 1 aliphatic carbocycles. The van der Waals surface area contributed by atoms with Crippen LogP contribution in [0.1, 0.15) is 30.3 Å². The van der Waals surface area contributed by atoms with E-state index in [0.29, 0.717) is 11.7 Å². The Balaban J connectivity index is 1.88. The third-order valence-corrected chi connectivity index (χ3v) is 4.86. The van der Waals surface area contributed by atoms with Crippen LogP contribution in [0.2, 0.25) is 0 Å². The molecule has 1 unspecified atom stereocenters. The van der Waals surface area contributed by atoms with E-state index in [0.717, 1.165) is 34.8 Å². The van der Waals surface area contributed by atoms with E-state index in [4.69, 9.17) is 15.0 Å².